The fourth-order valence-electron chi connectivity index (χ4n) is 0. The van der Waals surface area contributed by atoms with Crippen LogP contribution < -0.4 is 6.15 Å². The summed E-state index contributed by atoms with van der Waals surface area (Å²) in [7, 11) is 0. The standard InChI is InChI=1S/Al.Cl.N.Ti. The molecule has 0 N–H and O–H groups in total. The van der Waals surface area contributed by atoms with E-state index in [0.717, 1.165) is 0 Å². The first kappa shape index (κ1) is 49.6. The van der Waals surface area contributed by atoms with Crippen LogP contribution in [0.4, 0.5) is 0 Å². The molecular formula is AlClNTi. The molecule has 19 valence electrons. The Morgan fingerprint density at radius 2 is 1.00 bits per heavy atom. The van der Waals surface area contributed by atoms with Crippen LogP contribution in [0.25, 0.3) is 0 Å². The molecule has 0 rings (SSSR count). The SMILES string of the molecule is [Al].[Cl].[N].[Ti]. The van der Waals surface area contributed by atoms with Crippen LogP contribution in [0.5, 0.6) is 0 Å². The van der Waals surface area contributed by atoms with Crippen molar-refractivity contribution in [2.75, 3.05) is 0 Å². The average Bonchev–Trinajstić information content (AvgIpc) is 0. The van der Waals surface area contributed by atoms with Gasteiger partial charge in [0.25, 0.3) is 0 Å². The third-order valence-corrected chi connectivity index (χ3v) is 0. The number of nitrogens with zero attached hydrogens (tertiary/aromatic N) is 1. The molecule has 0 aromatic carbocycles. The van der Waals surface area contributed by atoms with Crippen molar-refractivity contribution in [1.29, 1.82) is 0 Å². The van der Waals surface area contributed by atoms with E-state index in [-0.39, 0.29) is 57.6 Å². The molecule has 0 unspecified atom stereocenters. The molecule has 0 aliphatic rings. The quantitative estimate of drug-likeness (QED) is 0.401. The van der Waals surface area contributed by atoms with Crippen molar-refractivity contribution >= 4 is 29.8 Å². The molecule has 7 radical (unpaired) electrons. The van der Waals surface area contributed by atoms with E-state index in [0.29, 0.717) is 0 Å². The van der Waals surface area contributed by atoms with Gasteiger partial charge in [0.05, 0.1) is 0 Å². The van der Waals surface area contributed by atoms with Crippen LogP contribution in [0.1, 0.15) is 0 Å². The summed E-state index contributed by atoms with van der Waals surface area (Å²) >= 11 is 0. The van der Waals surface area contributed by atoms with Crippen molar-refractivity contribution in [1.82, 2.24) is 6.15 Å². The molecule has 1 nitrogen and oxygen atoms in total. The normalized spacial score (nSPS) is 0. The molecule has 0 aromatic rings. The van der Waals surface area contributed by atoms with Crippen molar-refractivity contribution in [2.45, 2.75) is 0 Å². The van der Waals surface area contributed by atoms with Crippen LogP contribution in [0.2, 0.25) is 0 Å². The van der Waals surface area contributed by atoms with Gasteiger partial charge in [-0.2, -0.15) is 0 Å². The Labute approximate surface area is 57.5 Å². The van der Waals surface area contributed by atoms with Gasteiger partial charge in [-0.25, -0.2) is 0 Å². The smallest absolute Gasteiger partial charge is 0 e. The summed E-state index contributed by atoms with van der Waals surface area (Å²) < 4.78 is 0. The summed E-state index contributed by atoms with van der Waals surface area (Å²) in [6.07, 6.45) is 0. The Balaban J connectivity index is 0. The van der Waals surface area contributed by atoms with Crippen molar-refractivity contribution < 1.29 is 21.7 Å². The van der Waals surface area contributed by atoms with Crippen LogP contribution in [0, 0.1) is 0 Å². The van der Waals surface area contributed by atoms with E-state index in [1.165, 1.54) is 0 Å². The van der Waals surface area contributed by atoms with E-state index in [2.05, 4.69) is 0 Å². The molecular weight excluding hydrogens is 124 g/mol. The maximum atomic E-state index is 0. The van der Waals surface area contributed by atoms with Crippen molar-refractivity contribution in [3.05, 3.63) is 0 Å². The number of halogens is 1. The zero-order chi connectivity index (χ0) is 0. The van der Waals surface area contributed by atoms with Gasteiger partial charge in [-0.3, -0.25) is 0 Å². The number of hydrogen-bond donors (Lipinski definition) is 0. The first-order valence-electron chi connectivity index (χ1n) is 0. The molecule has 0 saturated heterocycles. The van der Waals surface area contributed by atoms with Gasteiger partial charge in [0.2, 0.25) is 0 Å². The molecule has 0 bridgehead atoms. The Bertz CT molecular complexity index is 8.00. The summed E-state index contributed by atoms with van der Waals surface area (Å²) in [5.74, 6) is 0. The van der Waals surface area contributed by atoms with Gasteiger partial charge in [0.15, 0.2) is 0 Å². The first-order chi connectivity index (χ1) is 0. The summed E-state index contributed by atoms with van der Waals surface area (Å²) in [5.41, 5.74) is 0. The fraction of sp³-hybridized carbons (Fsp3) is 0. The molecule has 0 saturated carbocycles. The maximum Gasteiger partial charge on any atom is 0 e. The molecule has 4 heteroatoms. The minimum atomic E-state index is 0. The third kappa shape index (κ3) is 9.73. The zero-order valence-corrected chi connectivity index (χ0v) is 5.37. The fourth-order valence-corrected chi connectivity index (χ4v) is 0. The Morgan fingerprint density at radius 1 is 1.00 bits per heavy atom. The van der Waals surface area contributed by atoms with Crippen molar-refractivity contribution in [2.24, 2.45) is 0 Å². The van der Waals surface area contributed by atoms with Crippen LogP contribution in [0.15, 0.2) is 0 Å². The molecule has 0 aromatic heterocycles. The van der Waals surface area contributed by atoms with Crippen molar-refractivity contribution in [3.63, 3.8) is 0 Å². The predicted molar refractivity (Wildman–Crippen MR) is 13.7 cm³/mol. The van der Waals surface area contributed by atoms with E-state index < -0.39 is 0 Å². The summed E-state index contributed by atoms with van der Waals surface area (Å²) in [6.45, 7) is 0. The summed E-state index contributed by atoms with van der Waals surface area (Å²) in [6, 6.07) is 0. The second kappa shape index (κ2) is 24.5. The second-order valence-electron chi connectivity index (χ2n) is 0. The second-order valence-corrected chi connectivity index (χ2v) is 0. The molecule has 0 amide bonds. The Morgan fingerprint density at radius 3 is 1.00 bits per heavy atom. The van der Waals surface area contributed by atoms with Crippen LogP contribution in [-0.4, -0.2) is 17.4 Å². The van der Waals surface area contributed by atoms with E-state index in [4.69, 9.17) is 0 Å². The Kier molecular flexibility index (Phi) is 304. The van der Waals surface area contributed by atoms with Gasteiger partial charge in [0.1, 0.15) is 0 Å². The van der Waals surface area contributed by atoms with E-state index >= 15 is 0 Å². The van der Waals surface area contributed by atoms with Gasteiger partial charge in [-0.15, -0.1) is 0 Å². The van der Waals surface area contributed by atoms with Crippen LogP contribution in [-0.2, 0) is 21.7 Å². The zero-order valence-electron chi connectivity index (χ0n) is 1.90. The van der Waals surface area contributed by atoms with E-state index in [9.17, 15) is 0 Å². The number of hydrogen-bond acceptors (Lipinski definition) is 0. The topological polar surface area (TPSA) is 30.5 Å². The number of rotatable bonds is 0. The average molecular weight is 124 g/mol. The molecule has 0 fully saturated rings. The van der Waals surface area contributed by atoms with Gasteiger partial charge in [0, 0.05) is 57.6 Å². The minimum absolute atomic E-state index is 0. The molecule has 0 spiro atoms. The molecule has 0 aliphatic carbocycles. The van der Waals surface area contributed by atoms with Gasteiger partial charge >= 0.3 is 0 Å². The Hall–Kier alpha value is 1.50. The van der Waals surface area contributed by atoms with Gasteiger partial charge in [-0.05, 0) is 0 Å². The molecule has 0 heterocycles. The van der Waals surface area contributed by atoms with Crippen molar-refractivity contribution in [3.8, 4) is 0 Å². The third-order valence-electron chi connectivity index (χ3n) is 0. The van der Waals surface area contributed by atoms with Crippen LogP contribution in [0.3, 0.4) is 0 Å². The van der Waals surface area contributed by atoms with Gasteiger partial charge < -0.3 is 0 Å². The van der Waals surface area contributed by atoms with Gasteiger partial charge in [-0.1, -0.05) is 0 Å². The largest absolute Gasteiger partial charge is 0 e. The monoisotopic (exact) mass is 124 g/mol. The summed E-state index contributed by atoms with van der Waals surface area (Å²) in [4.78, 5) is 0. The molecule has 0 atom stereocenters. The predicted octanol–water partition coefficient (Wildman–Crippen LogP) is -0.174. The minimum Gasteiger partial charge on any atom is 0 e. The maximum absolute atomic E-state index is 0. The summed E-state index contributed by atoms with van der Waals surface area (Å²) in [5, 5.41) is 0. The first-order valence-corrected chi connectivity index (χ1v) is 0. The van der Waals surface area contributed by atoms with E-state index in [1.54, 1.807) is 0 Å². The molecule has 0 aliphatic heterocycles. The van der Waals surface area contributed by atoms with E-state index in [1.807, 2.05) is 0 Å². The molecule has 4 heavy (non-hydrogen) atoms. The van der Waals surface area contributed by atoms with Crippen LogP contribution >= 0.6 is 12.4 Å².